The van der Waals surface area contributed by atoms with Crippen LogP contribution in [-0.2, 0) is 14.3 Å². The molecular weight excluding hydrogens is 222 g/mol. The van der Waals surface area contributed by atoms with Crippen LogP contribution in [0.3, 0.4) is 0 Å². The highest BCUT2D eigenvalue weighted by atomic mass is 16.5. The molecule has 5 heteroatoms. The second kappa shape index (κ2) is 4.64. The summed E-state index contributed by atoms with van der Waals surface area (Å²) >= 11 is 0. The molecule has 0 aromatic carbocycles. The number of carbonyl (C=O) groups excluding carboxylic acids is 1. The van der Waals surface area contributed by atoms with E-state index in [0.29, 0.717) is 19.4 Å². The van der Waals surface area contributed by atoms with Gasteiger partial charge in [-0.1, -0.05) is 6.92 Å². The fraction of sp³-hybridized carbons (Fsp3) is 0.833. The fourth-order valence-corrected chi connectivity index (χ4v) is 2.13. The van der Waals surface area contributed by atoms with Crippen LogP contribution in [0, 0.1) is 5.41 Å². The van der Waals surface area contributed by atoms with Crippen LogP contribution in [0.25, 0.3) is 0 Å². The van der Waals surface area contributed by atoms with Crippen LogP contribution in [0.4, 0.5) is 0 Å². The lowest BCUT2D eigenvalue weighted by atomic mass is 9.84. The van der Waals surface area contributed by atoms with E-state index in [-0.39, 0.29) is 12.5 Å². The number of hydrogen-bond donors (Lipinski definition) is 1. The van der Waals surface area contributed by atoms with Crippen LogP contribution in [0.1, 0.15) is 33.6 Å². The standard InChI is InChI=1S/C12H21NO4/c1-5-12(10(15)16)6-7-13(8-12)9(14)11(2,3)17-4/h5-8H2,1-4H3,(H,15,16). The van der Waals surface area contributed by atoms with Gasteiger partial charge in [0.05, 0.1) is 5.41 Å². The minimum Gasteiger partial charge on any atom is -0.481 e. The monoisotopic (exact) mass is 243 g/mol. The lowest BCUT2D eigenvalue weighted by molar-refractivity contribution is -0.153. The molecule has 1 atom stereocenters. The summed E-state index contributed by atoms with van der Waals surface area (Å²) in [6, 6.07) is 0. The Morgan fingerprint density at radius 2 is 2.06 bits per heavy atom. The van der Waals surface area contributed by atoms with E-state index in [2.05, 4.69) is 0 Å². The molecule has 1 rings (SSSR count). The third kappa shape index (κ3) is 2.44. The van der Waals surface area contributed by atoms with Crippen LogP contribution < -0.4 is 0 Å². The maximum absolute atomic E-state index is 12.1. The summed E-state index contributed by atoms with van der Waals surface area (Å²) in [6.07, 6.45) is 1.06. The third-order valence-electron chi connectivity index (χ3n) is 3.80. The highest BCUT2D eigenvalue weighted by Gasteiger charge is 2.47. The topological polar surface area (TPSA) is 66.8 Å². The molecule has 1 fully saturated rings. The largest absolute Gasteiger partial charge is 0.481 e. The van der Waals surface area contributed by atoms with Gasteiger partial charge in [-0.3, -0.25) is 9.59 Å². The molecule has 1 amide bonds. The maximum Gasteiger partial charge on any atom is 0.311 e. The molecule has 0 aromatic rings. The summed E-state index contributed by atoms with van der Waals surface area (Å²) in [4.78, 5) is 25.0. The van der Waals surface area contributed by atoms with Gasteiger partial charge >= 0.3 is 5.97 Å². The van der Waals surface area contributed by atoms with Crippen molar-refractivity contribution >= 4 is 11.9 Å². The molecule has 0 saturated carbocycles. The minimum absolute atomic E-state index is 0.142. The van der Waals surface area contributed by atoms with Crippen molar-refractivity contribution in [2.45, 2.75) is 39.2 Å². The lowest BCUT2D eigenvalue weighted by Crippen LogP contribution is -2.46. The first-order chi connectivity index (χ1) is 7.79. The summed E-state index contributed by atoms with van der Waals surface area (Å²) < 4.78 is 5.14. The van der Waals surface area contributed by atoms with Crippen molar-refractivity contribution < 1.29 is 19.4 Å². The zero-order valence-electron chi connectivity index (χ0n) is 10.9. The van der Waals surface area contributed by atoms with Crippen molar-refractivity contribution in [1.82, 2.24) is 4.90 Å². The summed E-state index contributed by atoms with van der Waals surface area (Å²) in [7, 11) is 1.48. The molecule has 1 N–H and O–H groups in total. The molecule has 0 aliphatic carbocycles. The van der Waals surface area contributed by atoms with Crippen LogP contribution >= 0.6 is 0 Å². The Labute approximate surface area is 102 Å². The average molecular weight is 243 g/mol. The van der Waals surface area contributed by atoms with Crippen molar-refractivity contribution in [1.29, 1.82) is 0 Å². The predicted molar refractivity (Wildman–Crippen MR) is 62.6 cm³/mol. The number of carboxylic acids is 1. The average Bonchev–Trinajstić information content (AvgIpc) is 2.73. The Bertz CT molecular complexity index is 326. The highest BCUT2D eigenvalue weighted by Crippen LogP contribution is 2.35. The number of carboxylic acid groups (broad SMARTS) is 1. The van der Waals surface area contributed by atoms with E-state index in [4.69, 9.17) is 4.74 Å². The molecule has 1 aliphatic rings. The Hall–Kier alpha value is -1.10. The van der Waals surface area contributed by atoms with Crippen LogP contribution in [0.5, 0.6) is 0 Å². The predicted octanol–water partition coefficient (Wildman–Crippen LogP) is 1.12. The van der Waals surface area contributed by atoms with Gasteiger partial charge in [0.1, 0.15) is 5.60 Å². The number of methoxy groups -OCH3 is 1. The minimum atomic E-state index is -0.887. The van der Waals surface area contributed by atoms with Gasteiger partial charge in [-0.15, -0.1) is 0 Å². The van der Waals surface area contributed by atoms with Gasteiger partial charge in [-0.05, 0) is 26.7 Å². The van der Waals surface area contributed by atoms with Crippen LogP contribution in [0.2, 0.25) is 0 Å². The van der Waals surface area contributed by atoms with Gasteiger partial charge in [0.2, 0.25) is 0 Å². The molecular formula is C12H21NO4. The quantitative estimate of drug-likeness (QED) is 0.803. The number of nitrogens with zero attached hydrogens (tertiary/aromatic N) is 1. The van der Waals surface area contributed by atoms with E-state index >= 15 is 0 Å². The number of hydrogen-bond acceptors (Lipinski definition) is 3. The van der Waals surface area contributed by atoms with E-state index in [1.807, 2.05) is 6.92 Å². The zero-order chi connectivity index (χ0) is 13.3. The number of carbonyl (C=O) groups is 2. The SMILES string of the molecule is CCC1(C(=O)O)CCN(C(=O)C(C)(C)OC)C1. The summed E-state index contributed by atoms with van der Waals surface area (Å²) in [6.45, 7) is 6.02. The van der Waals surface area contributed by atoms with E-state index < -0.39 is 17.0 Å². The second-order valence-corrected chi connectivity index (χ2v) is 5.13. The highest BCUT2D eigenvalue weighted by molar-refractivity contribution is 5.86. The Morgan fingerprint density at radius 1 is 1.47 bits per heavy atom. The molecule has 5 nitrogen and oxygen atoms in total. The summed E-state index contributed by atoms with van der Waals surface area (Å²) in [5.41, 5.74) is -1.66. The van der Waals surface area contributed by atoms with Crippen molar-refractivity contribution in [2.75, 3.05) is 20.2 Å². The van der Waals surface area contributed by atoms with Crippen molar-refractivity contribution in [2.24, 2.45) is 5.41 Å². The van der Waals surface area contributed by atoms with Crippen LogP contribution in [0.15, 0.2) is 0 Å². The van der Waals surface area contributed by atoms with Gasteiger partial charge < -0.3 is 14.7 Å². The Kier molecular flexibility index (Phi) is 3.81. The number of aliphatic carboxylic acids is 1. The summed E-state index contributed by atoms with van der Waals surface area (Å²) in [5, 5.41) is 9.25. The van der Waals surface area contributed by atoms with E-state index in [1.165, 1.54) is 7.11 Å². The molecule has 1 aliphatic heterocycles. The molecule has 0 aromatic heterocycles. The normalized spacial score (nSPS) is 25.1. The number of ether oxygens (including phenoxy) is 1. The number of amides is 1. The summed E-state index contributed by atoms with van der Waals surface area (Å²) in [5.74, 6) is -0.956. The van der Waals surface area contributed by atoms with E-state index in [0.717, 1.165) is 0 Å². The second-order valence-electron chi connectivity index (χ2n) is 5.13. The molecule has 0 bridgehead atoms. The maximum atomic E-state index is 12.1. The molecule has 17 heavy (non-hydrogen) atoms. The van der Waals surface area contributed by atoms with Crippen LogP contribution in [-0.4, -0.2) is 47.7 Å². The molecule has 0 radical (unpaired) electrons. The zero-order valence-corrected chi connectivity index (χ0v) is 10.9. The smallest absolute Gasteiger partial charge is 0.311 e. The van der Waals surface area contributed by atoms with Crippen molar-refractivity contribution in [3.8, 4) is 0 Å². The molecule has 1 unspecified atom stereocenters. The van der Waals surface area contributed by atoms with Gasteiger partial charge in [-0.2, -0.15) is 0 Å². The molecule has 1 heterocycles. The van der Waals surface area contributed by atoms with Crippen molar-refractivity contribution in [3.05, 3.63) is 0 Å². The first-order valence-corrected chi connectivity index (χ1v) is 5.87. The molecule has 98 valence electrons. The lowest BCUT2D eigenvalue weighted by Gasteiger charge is -2.29. The Morgan fingerprint density at radius 3 is 2.41 bits per heavy atom. The van der Waals surface area contributed by atoms with E-state index in [1.54, 1.807) is 18.7 Å². The molecule has 1 saturated heterocycles. The van der Waals surface area contributed by atoms with Gasteiger partial charge in [-0.25, -0.2) is 0 Å². The first kappa shape index (κ1) is 14.0. The first-order valence-electron chi connectivity index (χ1n) is 5.87. The van der Waals surface area contributed by atoms with Gasteiger partial charge in [0, 0.05) is 20.2 Å². The Balaban J connectivity index is 2.80. The van der Waals surface area contributed by atoms with Crippen molar-refractivity contribution in [3.63, 3.8) is 0 Å². The number of rotatable bonds is 4. The van der Waals surface area contributed by atoms with Gasteiger partial charge in [0.25, 0.3) is 5.91 Å². The number of likely N-dealkylation sites (tertiary alicyclic amines) is 1. The van der Waals surface area contributed by atoms with E-state index in [9.17, 15) is 14.7 Å². The fourth-order valence-electron chi connectivity index (χ4n) is 2.13. The van der Waals surface area contributed by atoms with Gasteiger partial charge in [0.15, 0.2) is 0 Å². The molecule has 0 spiro atoms. The third-order valence-corrected chi connectivity index (χ3v) is 3.80.